The number of amides is 4. The van der Waals surface area contributed by atoms with Crippen LogP contribution in [0.2, 0.25) is 0 Å². The molecule has 1 aromatic carbocycles. The van der Waals surface area contributed by atoms with Crippen LogP contribution in [0.4, 0.5) is 19.3 Å². The molecule has 4 fully saturated rings. The minimum Gasteiger partial charge on any atom is -0.372 e. The fourth-order valence-corrected chi connectivity index (χ4v) is 8.09. The molecule has 4 saturated heterocycles. The van der Waals surface area contributed by atoms with Crippen LogP contribution in [-0.2, 0) is 20.7 Å². The summed E-state index contributed by atoms with van der Waals surface area (Å²) in [6, 6.07) is -0.169. The maximum absolute atomic E-state index is 16.3. The molecule has 0 aliphatic carbocycles. The predicted octanol–water partition coefficient (Wildman–Crippen LogP) is 1.15. The van der Waals surface area contributed by atoms with Crippen molar-refractivity contribution in [3.05, 3.63) is 41.9 Å². The molecular weight excluding hydrogens is 624 g/mol. The third kappa shape index (κ3) is 5.45. The normalized spacial score (nSPS) is 27.5. The number of piperazine rings is 2. The van der Waals surface area contributed by atoms with Crippen molar-refractivity contribution in [2.24, 2.45) is 5.41 Å². The average molecular weight is 668 g/mol. The van der Waals surface area contributed by atoms with Gasteiger partial charge in [-0.1, -0.05) is 0 Å². The minimum absolute atomic E-state index is 0.00602. The second-order valence-electron chi connectivity index (χ2n) is 13.9. The van der Waals surface area contributed by atoms with E-state index in [4.69, 9.17) is 4.74 Å². The van der Waals surface area contributed by atoms with E-state index in [-0.39, 0.29) is 43.2 Å². The molecule has 2 aromatic rings. The first kappa shape index (κ1) is 32.9. The molecule has 0 bridgehead atoms. The van der Waals surface area contributed by atoms with E-state index < -0.39 is 53.1 Å². The standard InChI is InChI=1S/C33H43F2N9O4/c1-21-18-42-28-23(15-24(26(34)27(28)35)25-17-36-5-6-37-25)16-33(29(42)22(2)48-21)30(45)43(19-40-11-7-38(3)8-12-40)32(47)44(31(33)46)20-41-13-9-39(4)10-14-41/h5-6,15,17,21-22,29H,7-14,16,18-20H2,1-4H3/t21-,22+,29-/m1/s1. The van der Waals surface area contributed by atoms with Gasteiger partial charge in [0.05, 0.1) is 49.2 Å². The lowest BCUT2D eigenvalue weighted by atomic mass is 9.65. The Morgan fingerprint density at radius 2 is 1.44 bits per heavy atom. The van der Waals surface area contributed by atoms with Crippen LogP contribution in [0.5, 0.6) is 0 Å². The third-order valence-electron chi connectivity index (χ3n) is 10.6. The number of hydrogen-bond acceptors (Lipinski definition) is 11. The molecule has 0 N–H and O–H groups in total. The van der Waals surface area contributed by atoms with Crippen LogP contribution in [-0.4, -0.2) is 162 Å². The zero-order valence-corrected chi connectivity index (χ0v) is 27.9. The molecule has 1 aromatic heterocycles. The molecule has 3 atom stereocenters. The molecule has 13 nitrogen and oxygen atoms in total. The smallest absolute Gasteiger partial charge is 0.335 e. The van der Waals surface area contributed by atoms with E-state index in [1.54, 1.807) is 11.8 Å². The van der Waals surface area contributed by atoms with Crippen LogP contribution < -0.4 is 4.90 Å². The Morgan fingerprint density at radius 1 is 0.854 bits per heavy atom. The number of imide groups is 2. The van der Waals surface area contributed by atoms with Gasteiger partial charge in [0.1, 0.15) is 0 Å². The lowest BCUT2D eigenvalue weighted by Crippen LogP contribution is -2.77. The number of carbonyl (C=O) groups is 3. The molecule has 0 unspecified atom stereocenters. The van der Waals surface area contributed by atoms with E-state index in [9.17, 15) is 4.79 Å². The van der Waals surface area contributed by atoms with Crippen molar-refractivity contribution < 1.29 is 27.9 Å². The zero-order chi connectivity index (χ0) is 33.9. The number of ether oxygens (including phenoxy) is 1. The van der Waals surface area contributed by atoms with Crippen molar-refractivity contribution in [2.45, 2.75) is 38.5 Å². The molecule has 0 radical (unpaired) electrons. The molecule has 5 aliphatic rings. The van der Waals surface area contributed by atoms with Crippen LogP contribution in [0.3, 0.4) is 0 Å². The topological polar surface area (TPSA) is 109 Å². The Balaban J connectivity index is 1.37. The second kappa shape index (κ2) is 12.7. The minimum atomic E-state index is -1.84. The van der Waals surface area contributed by atoms with Gasteiger partial charge in [-0.2, -0.15) is 0 Å². The van der Waals surface area contributed by atoms with Crippen LogP contribution in [0.25, 0.3) is 11.3 Å². The molecule has 0 saturated carbocycles. The van der Waals surface area contributed by atoms with Crippen molar-refractivity contribution in [3.63, 3.8) is 0 Å². The number of morpholine rings is 1. The summed E-state index contributed by atoms with van der Waals surface area (Å²) in [7, 11) is 4.05. The summed E-state index contributed by atoms with van der Waals surface area (Å²) in [6.45, 7) is 9.42. The van der Waals surface area contributed by atoms with Gasteiger partial charge in [-0.05, 0) is 39.6 Å². The Hall–Kier alpha value is -3.63. The Labute approximate surface area is 279 Å². The molecule has 5 aliphatic heterocycles. The van der Waals surface area contributed by atoms with Gasteiger partial charge in [-0.25, -0.2) is 23.4 Å². The van der Waals surface area contributed by atoms with Crippen molar-refractivity contribution >= 4 is 23.5 Å². The number of benzene rings is 1. The molecule has 15 heteroatoms. The largest absolute Gasteiger partial charge is 0.372 e. The van der Waals surface area contributed by atoms with Crippen molar-refractivity contribution in [1.29, 1.82) is 0 Å². The van der Waals surface area contributed by atoms with Gasteiger partial charge in [0.25, 0.3) is 0 Å². The van der Waals surface area contributed by atoms with Crippen molar-refractivity contribution in [2.75, 3.05) is 91.2 Å². The summed E-state index contributed by atoms with van der Waals surface area (Å²) >= 11 is 0. The van der Waals surface area contributed by atoms with Crippen molar-refractivity contribution in [3.8, 4) is 11.3 Å². The summed E-state index contributed by atoms with van der Waals surface area (Å²) in [6.07, 6.45) is 2.81. The summed E-state index contributed by atoms with van der Waals surface area (Å²) in [5.41, 5.74) is -1.53. The van der Waals surface area contributed by atoms with Crippen LogP contribution in [0.15, 0.2) is 24.7 Å². The number of barbiturate groups is 1. The molecule has 4 amide bonds. The Morgan fingerprint density at radius 3 is 1.98 bits per heavy atom. The number of likely N-dealkylation sites (N-methyl/N-ethyl adjacent to an activating group) is 2. The summed E-state index contributed by atoms with van der Waals surface area (Å²) in [4.78, 5) is 65.2. The van der Waals surface area contributed by atoms with Crippen LogP contribution >= 0.6 is 0 Å². The number of fused-ring (bicyclic) bond motifs is 4. The lowest BCUT2D eigenvalue weighted by molar-refractivity contribution is -0.171. The van der Waals surface area contributed by atoms with Gasteiger partial charge >= 0.3 is 6.03 Å². The monoisotopic (exact) mass is 667 g/mol. The third-order valence-corrected chi connectivity index (χ3v) is 10.6. The first-order chi connectivity index (χ1) is 23.0. The highest BCUT2D eigenvalue weighted by molar-refractivity contribution is 6.20. The molecule has 6 heterocycles. The van der Waals surface area contributed by atoms with Gasteiger partial charge in [0.15, 0.2) is 17.0 Å². The predicted molar refractivity (Wildman–Crippen MR) is 172 cm³/mol. The van der Waals surface area contributed by atoms with E-state index in [2.05, 4.69) is 19.8 Å². The summed E-state index contributed by atoms with van der Waals surface area (Å²) < 4.78 is 38.4. The molecule has 48 heavy (non-hydrogen) atoms. The number of halogens is 2. The lowest BCUT2D eigenvalue weighted by Gasteiger charge is -2.58. The Kier molecular flexibility index (Phi) is 8.69. The molecular formula is C33H43F2N9O4. The number of aromatic nitrogens is 2. The summed E-state index contributed by atoms with van der Waals surface area (Å²) in [5.74, 6) is -3.43. The maximum atomic E-state index is 16.3. The van der Waals surface area contributed by atoms with Gasteiger partial charge in [0.2, 0.25) is 11.8 Å². The maximum Gasteiger partial charge on any atom is 0.335 e. The van der Waals surface area contributed by atoms with Crippen LogP contribution in [0.1, 0.15) is 19.4 Å². The Bertz CT molecular complexity index is 1540. The zero-order valence-electron chi connectivity index (χ0n) is 27.9. The number of nitrogens with zero attached hydrogens (tertiary/aromatic N) is 9. The highest BCUT2D eigenvalue weighted by Crippen LogP contribution is 2.51. The van der Waals surface area contributed by atoms with Gasteiger partial charge in [-0.15, -0.1) is 0 Å². The van der Waals surface area contributed by atoms with Crippen molar-refractivity contribution in [1.82, 2.24) is 39.4 Å². The van der Waals surface area contributed by atoms with Gasteiger partial charge in [-0.3, -0.25) is 29.4 Å². The van der Waals surface area contributed by atoms with E-state index >= 15 is 18.4 Å². The summed E-state index contributed by atoms with van der Waals surface area (Å²) in [5, 5.41) is 0. The number of hydrogen-bond donors (Lipinski definition) is 0. The van der Waals surface area contributed by atoms with Gasteiger partial charge in [0, 0.05) is 83.3 Å². The molecule has 7 rings (SSSR count). The SMILES string of the molecule is C[C@@H]1CN2c3c(cc(-c4cnccn4)c(F)c3F)CC3(C(=O)N(CN4CCN(C)CC4)C(=O)N(CN4CCN(C)CC4)C3=O)[C@H]2[C@H](C)O1. The van der Waals surface area contributed by atoms with Crippen LogP contribution in [0, 0.1) is 17.0 Å². The van der Waals surface area contributed by atoms with E-state index in [0.29, 0.717) is 31.7 Å². The second-order valence-corrected chi connectivity index (χ2v) is 13.9. The molecule has 258 valence electrons. The number of urea groups is 1. The number of anilines is 1. The van der Waals surface area contributed by atoms with E-state index in [1.807, 2.05) is 30.8 Å². The fourth-order valence-electron chi connectivity index (χ4n) is 8.09. The first-order valence-corrected chi connectivity index (χ1v) is 16.7. The quantitative estimate of drug-likeness (QED) is 0.429. The van der Waals surface area contributed by atoms with Gasteiger partial charge < -0.3 is 19.4 Å². The number of rotatable bonds is 5. The van der Waals surface area contributed by atoms with E-state index in [0.717, 1.165) is 26.2 Å². The average Bonchev–Trinajstić information content (AvgIpc) is 3.07. The highest BCUT2D eigenvalue weighted by atomic mass is 19.2. The van der Waals surface area contributed by atoms with E-state index in [1.165, 1.54) is 34.5 Å². The molecule has 1 spiro atoms. The first-order valence-electron chi connectivity index (χ1n) is 16.7. The fraction of sp³-hybridized carbons (Fsp3) is 0.606. The highest BCUT2D eigenvalue weighted by Gasteiger charge is 2.67. The number of carbonyl (C=O) groups excluding carboxylic acids is 3.